The Morgan fingerprint density at radius 3 is 2.71 bits per heavy atom. The van der Waals surface area contributed by atoms with Gasteiger partial charge in [-0.1, -0.05) is 25.1 Å². The molecule has 2 nitrogen and oxygen atoms in total. The van der Waals surface area contributed by atoms with Gasteiger partial charge in [0, 0.05) is 16.5 Å². The van der Waals surface area contributed by atoms with Gasteiger partial charge in [-0.05, 0) is 36.2 Å². The number of hydrogen-bond acceptors (Lipinski definition) is 2. The van der Waals surface area contributed by atoms with Crippen molar-refractivity contribution in [3.63, 3.8) is 0 Å². The number of nitrogen functional groups attached to an aromatic ring is 1. The van der Waals surface area contributed by atoms with E-state index < -0.39 is 0 Å². The number of nitrogens with zero attached hydrogens (tertiary/aromatic N) is 1. The zero-order valence-corrected chi connectivity index (χ0v) is 9.77. The Morgan fingerprint density at radius 2 is 1.88 bits per heavy atom. The Hall–Kier alpha value is -2.09. The van der Waals surface area contributed by atoms with Gasteiger partial charge in [-0.15, -0.1) is 0 Å². The van der Waals surface area contributed by atoms with Gasteiger partial charge in [-0.25, -0.2) is 4.98 Å². The molecule has 0 bridgehead atoms. The van der Waals surface area contributed by atoms with Crippen LogP contribution in [0.3, 0.4) is 0 Å². The number of benzene rings is 2. The maximum absolute atomic E-state index is 6.08. The maximum atomic E-state index is 6.08. The lowest BCUT2D eigenvalue weighted by molar-refractivity contribution is 1.14. The van der Waals surface area contributed by atoms with E-state index in [2.05, 4.69) is 30.1 Å². The van der Waals surface area contributed by atoms with Crippen molar-refractivity contribution in [2.24, 2.45) is 0 Å². The molecule has 0 spiro atoms. The molecule has 2 aromatic carbocycles. The number of aryl methyl sites for hydroxylation is 1. The lowest BCUT2D eigenvalue weighted by Gasteiger charge is -2.06. The Labute approximate surface area is 100 Å². The number of anilines is 1. The predicted molar refractivity (Wildman–Crippen MR) is 73.0 cm³/mol. The molecule has 84 valence electrons. The van der Waals surface area contributed by atoms with E-state index in [1.54, 1.807) is 0 Å². The van der Waals surface area contributed by atoms with Crippen molar-refractivity contribution in [3.05, 3.63) is 48.0 Å². The van der Waals surface area contributed by atoms with E-state index >= 15 is 0 Å². The molecule has 0 amide bonds. The van der Waals surface area contributed by atoms with Crippen LogP contribution in [0.5, 0.6) is 0 Å². The van der Waals surface area contributed by atoms with Crippen molar-refractivity contribution < 1.29 is 0 Å². The first kappa shape index (κ1) is 10.1. The lowest BCUT2D eigenvalue weighted by atomic mass is 10.1. The summed E-state index contributed by atoms with van der Waals surface area (Å²) in [5.41, 5.74) is 10.1. The first-order valence-electron chi connectivity index (χ1n) is 5.86. The van der Waals surface area contributed by atoms with Gasteiger partial charge in [0.05, 0.1) is 11.0 Å². The third-order valence-electron chi connectivity index (χ3n) is 3.14. The smallest absolute Gasteiger partial charge is 0.0733 e. The van der Waals surface area contributed by atoms with Crippen LogP contribution in [-0.4, -0.2) is 4.98 Å². The fourth-order valence-electron chi connectivity index (χ4n) is 2.17. The summed E-state index contributed by atoms with van der Waals surface area (Å²) in [6.45, 7) is 2.13. The standard InChI is InChI=1S/C15H14N2/c1-2-10-7-13(16)12-9-11-5-3-4-6-14(11)17-15(12)8-10/h3-9H,2,16H2,1H3. The largest absolute Gasteiger partial charge is 0.398 e. The highest BCUT2D eigenvalue weighted by atomic mass is 14.7. The molecule has 3 aromatic rings. The van der Waals surface area contributed by atoms with E-state index in [1.165, 1.54) is 5.56 Å². The minimum Gasteiger partial charge on any atom is -0.398 e. The summed E-state index contributed by atoms with van der Waals surface area (Å²) in [5.74, 6) is 0. The molecule has 0 unspecified atom stereocenters. The zero-order valence-electron chi connectivity index (χ0n) is 9.77. The van der Waals surface area contributed by atoms with Gasteiger partial charge in [0.25, 0.3) is 0 Å². The summed E-state index contributed by atoms with van der Waals surface area (Å²) in [4.78, 5) is 4.67. The highest BCUT2D eigenvalue weighted by Crippen LogP contribution is 2.25. The van der Waals surface area contributed by atoms with E-state index in [9.17, 15) is 0 Å². The van der Waals surface area contributed by atoms with E-state index in [4.69, 9.17) is 5.73 Å². The molecule has 1 aromatic heterocycles. The first-order valence-corrected chi connectivity index (χ1v) is 5.86. The second-order valence-electron chi connectivity index (χ2n) is 4.29. The number of aromatic nitrogens is 1. The van der Waals surface area contributed by atoms with Gasteiger partial charge in [0.1, 0.15) is 0 Å². The Kier molecular flexibility index (Phi) is 2.22. The average molecular weight is 222 g/mol. The zero-order chi connectivity index (χ0) is 11.8. The van der Waals surface area contributed by atoms with E-state index in [0.717, 1.165) is 33.9 Å². The summed E-state index contributed by atoms with van der Waals surface area (Å²) in [7, 11) is 0. The van der Waals surface area contributed by atoms with Crippen LogP contribution < -0.4 is 5.73 Å². The Balaban J connectivity index is 2.43. The molecule has 0 aliphatic heterocycles. The van der Waals surface area contributed by atoms with Crippen LogP contribution in [0.4, 0.5) is 5.69 Å². The maximum Gasteiger partial charge on any atom is 0.0733 e. The number of nitrogens with two attached hydrogens (primary N) is 1. The second kappa shape index (κ2) is 3.74. The van der Waals surface area contributed by atoms with E-state index in [1.807, 2.05) is 24.3 Å². The number of pyridine rings is 1. The number of para-hydroxylation sites is 1. The van der Waals surface area contributed by atoms with Crippen LogP contribution >= 0.6 is 0 Å². The highest BCUT2D eigenvalue weighted by molar-refractivity contribution is 5.99. The lowest BCUT2D eigenvalue weighted by Crippen LogP contribution is -1.92. The third-order valence-corrected chi connectivity index (χ3v) is 3.14. The molecule has 0 saturated heterocycles. The number of hydrogen-bond donors (Lipinski definition) is 1. The average Bonchev–Trinajstić information content (AvgIpc) is 2.36. The van der Waals surface area contributed by atoms with Crippen molar-refractivity contribution in [2.45, 2.75) is 13.3 Å². The molecule has 17 heavy (non-hydrogen) atoms. The quantitative estimate of drug-likeness (QED) is 0.505. The van der Waals surface area contributed by atoms with Crippen LogP contribution in [0.25, 0.3) is 21.8 Å². The third kappa shape index (κ3) is 1.62. The molecule has 0 aliphatic carbocycles. The molecule has 2 heteroatoms. The molecule has 2 N–H and O–H groups in total. The van der Waals surface area contributed by atoms with Crippen LogP contribution in [0.1, 0.15) is 12.5 Å². The fraction of sp³-hybridized carbons (Fsp3) is 0.133. The van der Waals surface area contributed by atoms with Gasteiger partial charge in [0.2, 0.25) is 0 Å². The SMILES string of the molecule is CCc1cc(N)c2cc3ccccc3nc2c1. The van der Waals surface area contributed by atoms with Gasteiger partial charge >= 0.3 is 0 Å². The van der Waals surface area contributed by atoms with Gasteiger partial charge in [-0.3, -0.25) is 0 Å². The topological polar surface area (TPSA) is 38.9 Å². The molecule has 0 fully saturated rings. The van der Waals surface area contributed by atoms with Crippen LogP contribution in [0.15, 0.2) is 42.5 Å². The van der Waals surface area contributed by atoms with Crippen molar-refractivity contribution in [1.29, 1.82) is 0 Å². The Morgan fingerprint density at radius 1 is 1.06 bits per heavy atom. The second-order valence-corrected chi connectivity index (χ2v) is 4.29. The molecular weight excluding hydrogens is 208 g/mol. The molecule has 0 radical (unpaired) electrons. The minimum absolute atomic E-state index is 0.817. The molecule has 0 saturated carbocycles. The first-order chi connectivity index (χ1) is 8.28. The molecule has 1 heterocycles. The van der Waals surface area contributed by atoms with Gasteiger partial charge in [-0.2, -0.15) is 0 Å². The summed E-state index contributed by atoms with van der Waals surface area (Å²) < 4.78 is 0. The molecule has 0 atom stereocenters. The van der Waals surface area contributed by atoms with E-state index in [-0.39, 0.29) is 0 Å². The van der Waals surface area contributed by atoms with Crippen LogP contribution in [0, 0.1) is 0 Å². The monoisotopic (exact) mass is 222 g/mol. The molecule has 3 rings (SSSR count). The van der Waals surface area contributed by atoms with Crippen LogP contribution in [-0.2, 0) is 6.42 Å². The van der Waals surface area contributed by atoms with Crippen molar-refractivity contribution in [2.75, 3.05) is 5.73 Å². The normalized spacial score (nSPS) is 11.1. The predicted octanol–water partition coefficient (Wildman–Crippen LogP) is 3.53. The summed E-state index contributed by atoms with van der Waals surface area (Å²) in [6.07, 6.45) is 0.981. The fourth-order valence-corrected chi connectivity index (χ4v) is 2.17. The molecular formula is C15H14N2. The summed E-state index contributed by atoms with van der Waals surface area (Å²) in [5, 5.41) is 2.18. The van der Waals surface area contributed by atoms with Crippen LogP contribution in [0.2, 0.25) is 0 Å². The summed E-state index contributed by atoms with van der Waals surface area (Å²) in [6, 6.07) is 14.4. The number of rotatable bonds is 1. The highest BCUT2D eigenvalue weighted by Gasteiger charge is 2.04. The van der Waals surface area contributed by atoms with Gasteiger partial charge < -0.3 is 5.73 Å². The van der Waals surface area contributed by atoms with Crippen molar-refractivity contribution in [3.8, 4) is 0 Å². The van der Waals surface area contributed by atoms with Crippen molar-refractivity contribution >= 4 is 27.5 Å². The molecule has 0 aliphatic rings. The summed E-state index contributed by atoms with van der Waals surface area (Å²) >= 11 is 0. The van der Waals surface area contributed by atoms with E-state index in [0.29, 0.717) is 0 Å². The van der Waals surface area contributed by atoms with Gasteiger partial charge in [0.15, 0.2) is 0 Å². The minimum atomic E-state index is 0.817. The number of fused-ring (bicyclic) bond motifs is 2. The Bertz CT molecular complexity index is 702. The van der Waals surface area contributed by atoms with Crippen molar-refractivity contribution in [1.82, 2.24) is 4.98 Å².